The topological polar surface area (TPSA) is 17.0 Å². The van der Waals surface area contributed by atoms with E-state index in [0.717, 1.165) is 13.1 Å². The number of thiophene rings is 1. The highest BCUT2D eigenvalue weighted by Gasteiger charge is 2.04. The van der Waals surface area contributed by atoms with E-state index >= 15 is 0 Å². The lowest BCUT2D eigenvalue weighted by Gasteiger charge is -2.02. The number of rotatable bonds is 4. The Morgan fingerprint density at radius 2 is 2.06 bits per heavy atom. The molecule has 2 aromatic heterocycles. The van der Waals surface area contributed by atoms with Crippen molar-refractivity contribution < 1.29 is 0 Å². The van der Waals surface area contributed by atoms with Gasteiger partial charge in [0.2, 0.25) is 0 Å². The number of fused-ring (bicyclic) bond motifs is 1. The molecule has 0 amide bonds. The maximum absolute atomic E-state index is 3.50. The van der Waals surface area contributed by atoms with Crippen LogP contribution in [0.3, 0.4) is 0 Å². The molecule has 3 heteroatoms. The van der Waals surface area contributed by atoms with Crippen molar-refractivity contribution in [2.45, 2.75) is 13.1 Å². The van der Waals surface area contributed by atoms with Crippen molar-refractivity contribution in [3.8, 4) is 0 Å². The van der Waals surface area contributed by atoms with Crippen molar-refractivity contribution in [3.05, 3.63) is 58.4 Å². The first-order valence-corrected chi connectivity index (χ1v) is 7.03. The first-order valence-electron chi connectivity index (χ1n) is 6.09. The standard InChI is InChI=1S/C15H16N2S/c1-17-10-13(14-4-2-3-5-15(14)17)9-16-8-12-6-7-18-11-12/h2-7,10-11,16H,8-9H2,1H3. The fourth-order valence-electron chi connectivity index (χ4n) is 2.30. The number of para-hydroxylation sites is 1. The molecular formula is C15H16N2S. The van der Waals surface area contributed by atoms with Gasteiger partial charge in [-0.1, -0.05) is 18.2 Å². The van der Waals surface area contributed by atoms with E-state index in [2.05, 4.69) is 64.2 Å². The molecule has 3 aromatic rings. The highest BCUT2D eigenvalue weighted by molar-refractivity contribution is 7.07. The van der Waals surface area contributed by atoms with Crippen LogP contribution in [0.1, 0.15) is 11.1 Å². The molecule has 92 valence electrons. The number of hydrogen-bond acceptors (Lipinski definition) is 2. The van der Waals surface area contributed by atoms with Crippen LogP contribution in [0.15, 0.2) is 47.3 Å². The summed E-state index contributed by atoms with van der Waals surface area (Å²) in [4.78, 5) is 0. The molecule has 1 aromatic carbocycles. The summed E-state index contributed by atoms with van der Waals surface area (Å²) < 4.78 is 2.19. The van der Waals surface area contributed by atoms with Crippen LogP contribution in [0, 0.1) is 0 Å². The average Bonchev–Trinajstić information content (AvgIpc) is 3.00. The molecule has 2 nitrogen and oxygen atoms in total. The number of benzene rings is 1. The van der Waals surface area contributed by atoms with Gasteiger partial charge in [0.1, 0.15) is 0 Å². The summed E-state index contributed by atoms with van der Waals surface area (Å²) in [5, 5.41) is 9.16. The summed E-state index contributed by atoms with van der Waals surface area (Å²) >= 11 is 1.75. The van der Waals surface area contributed by atoms with E-state index in [1.807, 2.05) is 0 Å². The Hall–Kier alpha value is -1.58. The van der Waals surface area contributed by atoms with E-state index in [0.29, 0.717) is 0 Å². The summed E-state index contributed by atoms with van der Waals surface area (Å²) in [5.74, 6) is 0. The van der Waals surface area contributed by atoms with E-state index in [9.17, 15) is 0 Å². The predicted molar refractivity (Wildman–Crippen MR) is 77.8 cm³/mol. The largest absolute Gasteiger partial charge is 0.350 e. The number of nitrogens with one attached hydrogen (secondary N) is 1. The maximum Gasteiger partial charge on any atom is 0.0481 e. The van der Waals surface area contributed by atoms with Crippen LogP contribution in [0.2, 0.25) is 0 Å². The molecule has 0 aliphatic carbocycles. The molecule has 0 bridgehead atoms. The highest BCUT2D eigenvalue weighted by atomic mass is 32.1. The Balaban J connectivity index is 1.75. The van der Waals surface area contributed by atoms with Gasteiger partial charge in [-0.2, -0.15) is 11.3 Å². The van der Waals surface area contributed by atoms with Crippen LogP contribution in [-0.2, 0) is 20.1 Å². The Morgan fingerprint density at radius 1 is 1.17 bits per heavy atom. The molecule has 18 heavy (non-hydrogen) atoms. The van der Waals surface area contributed by atoms with Gasteiger partial charge in [-0.05, 0) is 34.0 Å². The second kappa shape index (κ2) is 4.96. The highest BCUT2D eigenvalue weighted by Crippen LogP contribution is 2.20. The zero-order valence-electron chi connectivity index (χ0n) is 10.4. The van der Waals surface area contributed by atoms with Crippen molar-refractivity contribution >= 4 is 22.2 Å². The molecular weight excluding hydrogens is 240 g/mol. The van der Waals surface area contributed by atoms with Crippen LogP contribution in [0.5, 0.6) is 0 Å². The SMILES string of the molecule is Cn1cc(CNCc2ccsc2)c2ccccc21. The lowest BCUT2D eigenvalue weighted by molar-refractivity contribution is 0.696. The summed E-state index contributed by atoms with van der Waals surface area (Å²) in [6, 6.07) is 10.7. The first kappa shape index (κ1) is 11.5. The fourth-order valence-corrected chi connectivity index (χ4v) is 2.97. The van der Waals surface area contributed by atoms with Crippen molar-refractivity contribution in [2.75, 3.05) is 0 Å². The molecule has 0 radical (unpaired) electrons. The number of hydrogen-bond donors (Lipinski definition) is 1. The summed E-state index contributed by atoms with van der Waals surface area (Å²) in [5.41, 5.74) is 4.02. The predicted octanol–water partition coefficient (Wildman–Crippen LogP) is 3.53. The number of aromatic nitrogens is 1. The molecule has 0 aliphatic rings. The average molecular weight is 256 g/mol. The van der Waals surface area contributed by atoms with Gasteiger partial charge in [0.05, 0.1) is 0 Å². The summed E-state index contributed by atoms with van der Waals surface area (Å²) in [6.07, 6.45) is 2.21. The lowest BCUT2D eigenvalue weighted by Crippen LogP contribution is -2.11. The normalized spacial score (nSPS) is 11.2. The van der Waals surface area contributed by atoms with Gasteiger partial charge in [0.25, 0.3) is 0 Å². The van der Waals surface area contributed by atoms with Crippen molar-refractivity contribution in [2.24, 2.45) is 7.05 Å². The van der Waals surface area contributed by atoms with Crippen molar-refractivity contribution in [3.63, 3.8) is 0 Å². The molecule has 0 aliphatic heterocycles. The van der Waals surface area contributed by atoms with Crippen LogP contribution < -0.4 is 5.32 Å². The third kappa shape index (κ3) is 2.19. The first-order chi connectivity index (χ1) is 8.84. The Morgan fingerprint density at radius 3 is 2.89 bits per heavy atom. The molecule has 1 N–H and O–H groups in total. The van der Waals surface area contributed by atoms with Gasteiger partial charge in [0.15, 0.2) is 0 Å². The lowest BCUT2D eigenvalue weighted by atomic mass is 10.2. The Kier molecular flexibility index (Phi) is 3.17. The molecule has 0 saturated heterocycles. The minimum Gasteiger partial charge on any atom is -0.350 e. The zero-order valence-corrected chi connectivity index (χ0v) is 11.2. The van der Waals surface area contributed by atoms with Crippen LogP contribution >= 0.6 is 11.3 Å². The molecule has 2 heterocycles. The minimum atomic E-state index is 0.914. The van der Waals surface area contributed by atoms with Gasteiger partial charge >= 0.3 is 0 Å². The van der Waals surface area contributed by atoms with E-state index in [4.69, 9.17) is 0 Å². The monoisotopic (exact) mass is 256 g/mol. The van der Waals surface area contributed by atoms with E-state index in [-0.39, 0.29) is 0 Å². The third-order valence-corrected chi connectivity index (χ3v) is 3.94. The van der Waals surface area contributed by atoms with Gasteiger partial charge in [-0.15, -0.1) is 0 Å². The van der Waals surface area contributed by atoms with E-state index < -0.39 is 0 Å². The quantitative estimate of drug-likeness (QED) is 0.755. The molecule has 3 rings (SSSR count). The Labute approximate surface area is 111 Å². The minimum absolute atomic E-state index is 0.914. The molecule has 0 atom stereocenters. The van der Waals surface area contributed by atoms with Gasteiger partial charge < -0.3 is 9.88 Å². The van der Waals surface area contributed by atoms with Gasteiger partial charge in [-0.3, -0.25) is 0 Å². The van der Waals surface area contributed by atoms with Crippen LogP contribution in [0.4, 0.5) is 0 Å². The summed E-state index contributed by atoms with van der Waals surface area (Å²) in [7, 11) is 2.10. The van der Waals surface area contributed by atoms with Crippen LogP contribution in [0.25, 0.3) is 10.9 Å². The van der Waals surface area contributed by atoms with Crippen molar-refractivity contribution in [1.29, 1.82) is 0 Å². The van der Waals surface area contributed by atoms with Crippen molar-refractivity contribution in [1.82, 2.24) is 9.88 Å². The smallest absolute Gasteiger partial charge is 0.0481 e. The summed E-state index contributed by atoms with van der Waals surface area (Å²) in [6.45, 7) is 1.85. The molecule has 0 unspecified atom stereocenters. The Bertz CT molecular complexity index is 638. The van der Waals surface area contributed by atoms with Crippen LogP contribution in [-0.4, -0.2) is 4.57 Å². The fraction of sp³-hybridized carbons (Fsp3) is 0.200. The maximum atomic E-state index is 3.50. The second-order valence-corrected chi connectivity index (χ2v) is 5.30. The number of aryl methyl sites for hydroxylation is 1. The molecule has 0 spiro atoms. The molecule has 0 fully saturated rings. The second-order valence-electron chi connectivity index (χ2n) is 4.52. The van der Waals surface area contributed by atoms with E-state index in [1.54, 1.807) is 11.3 Å². The van der Waals surface area contributed by atoms with Gasteiger partial charge in [0, 0.05) is 37.2 Å². The third-order valence-electron chi connectivity index (χ3n) is 3.20. The van der Waals surface area contributed by atoms with Gasteiger partial charge in [-0.25, -0.2) is 0 Å². The zero-order chi connectivity index (χ0) is 12.4. The molecule has 0 saturated carbocycles. The number of nitrogens with zero attached hydrogens (tertiary/aromatic N) is 1. The van der Waals surface area contributed by atoms with E-state index in [1.165, 1.54) is 22.0 Å².